The first-order valence-electron chi connectivity index (χ1n) is 8.93. The van der Waals surface area contributed by atoms with E-state index in [9.17, 15) is 9.59 Å². The van der Waals surface area contributed by atoms with Gasteiger partial charge in [0.15, 0.2) is 0 Å². The lowest BCUT2D eigenvalue weighted by molar-refractivity contribution is -0.141. The molecule has 5 heteroatoms. The smallest absolute Gasteiger partial charge is 0.307 e. The van der Waals surface area contributed by atoms with E-state index in [2.05, 4.69) is 4.74 Å². The van der Waals surface area contributed by atoms with E-state index in [0.29, 0.717) is 19.7 Å². The molecule has 0 heterocycles. The molecule has 0 atom stereocenters. The molecule has 0 saturated heterocycles. The SMILES string of the molecule is CCOc1ccc(/C=C/C(=O)N(CCC(=O)OC)Cc2ccccc2)cc1. The highest BCUT2D eigenvalue weighted by molar-refractivity contribution is 5.92. The number of ether oxygens (including phenoxy) is 2. The summed E-state index contributed by atoms with van der Waals surface area (Å²) < 4.78 is 10.1. The van der Waals surface area contributed by atoms with E-state index in [1.165, 1.54) is 13.2 Å². The highest BCUT2D eigenvalue weighted by Gasteiger charge is 2.13. The number of nitrogens with zero attached hydrogens (tertiary/aromatic N) is 1. The van der Waals surface area contributed by atoms with Crippen molar-refractivity contribution in [3.63, 3.8) is 0 Å². The maximum Gasteiger partial charge on any atom is 0.307 e. The van der Waals surface area contributed by atoms with Gasteiger partial charge in [-0.1, -0.05) is 42.5 Å². The van der Waals surface area contributed by atoms with Gasteiger partial charge in [-0.2, -0.15) is 0 Å². The Labute approximate surface area is 160 Å². The number of esters is 1. The molecule has 27 heavy (non-hydrogen) atoms. The lowest BCUT2D eigenvalue weighted by atomic mass is 10.2. The highest BCUT2D eigenvalue weighted by Crippen LogP contribution is 2.14. The van der Waals surface area contributed by atoms with Crippen LogP contribution >= 0.6 is 0 Å². The third-order valence-corrected chi connectivity index (χ3v) is 3.95. The zero-order chi connectivity index (χ0) is 19.5. The molecule has 1 amide bonds. The zero-order valence-corrected chi connectivity index (χ0v) is 15.8. The van der Waals surface area contributed by atoms with Crippen LogP contribution in [0.2, 0.25) is 0 Å². The van der Waals surface area contributed by atoms with E-state index in [0.717, 1.165) is 16.9 Å². The average molecular weight is 367 g/mol. The lowest BCUT2D eigenvalue weighted by Gasteiger charge is -2.21. The molecule has 2 aromatic carbocycles. The van der Waals surface area contributed by atoms with Gasteiger partial charge in [-0.25, -0.2) is 0 Å². The van der Waals surface area contributed by atoms with Crippen LogP contribution in [0.15, 0.2) is 60.7 Å². The van der Waals surface area contributed by atoms with Gasteiger partial charge in [0, 0.05) is 19.2 Å². The quantitative estimate of drug-likeness (QED) is 0.501. The Kier molecular flexibility index (Phi) is 8.10. The predicted octanol–water partition coefficient (Wildman–Crippen LogP) is 3.69. The third kappa shape index (κ3) is 6.98. The topological polar surface area (TPSA) is 55.8 Å². The number of carbonyl (C=O) groups excluding carboxylic acids is 2. The van der Waals surface area contributed by atoms with Gasteiger partial charge in [0.25, 0.3) is 0 Å². The van der Waals surface area contributed by atoms with Crippen molar-refractivity contribution in [2.75, 3.05) is 20.3 Å². The van der Waals surface area contributed by atoms with Gasteiger partial charge in [0.1, 0.15) is 5.75 Å². The average Bonchev–Trinajstić information content (AvgIpc) is 2.71. The predicted molar refractivity (Wildman–Crippen MR) is 105 cm³/mol. The standard InChI is InChI=1S/C22H25NO4/c1-3-27-20-12-9-18(10-13-20)11-14-21(24)23(16-15-22(25)26-2)17-19-7-5-4-6-8-19/h4-14H,3,15-17H2,1-2H3/b14-11+. The lowest BCUT2D eigenvalue weighted by Crippen LogP contribution is -2.31. The van der Waals surface area contributed by atoms with Crippen LogP contribution in [0.25, 0.3) is 6.08 Å². The number of methoxy groups -OCH3 is 1. The molecular weight excluding hydrogens is 342 g/mol. The van der Waals surface area contributed by atoms with Crippen LogP contribution in [0.5, 0.6) is 5.75 Å². The van der Waals surface area contributed by atoms with Gasteiger partial charge in [-0.3, -0.25) is 9.59 Å². The largest absolute Gasteiger partial charge is 0.494 e. The summed E-state index contributed by atoms with van der Waals surface area (Å²) in [5.74, 6) is 0.303. The van der Waals surface area contributed by atoms with Crippen molar-refractivity contribution in [1.82, 2.24) is 4.90 Å². The fraction of sp³-hybridized carbons (Fsp3) is 0.273. The molecule has 0 aliphatic heterocycles. The first kappa shape index (κ1) is 20.2. The van der Waals surface area contributed by atoms with E-state index >= 15 is 0 Å². The van der Waals surface area contributed by atoms with Crippen LogP contribution in [-0.2, 0) is 20.9 Å². The molecule has 0 aliphatic carbocycles. The van der Waals surface area contributed by atoms with Crippen LogP contribution in [0.4, 0.5) is 0 Å². The number of hydrogen-bond acceptors (Lipinski definition) is 4. The maximum atomic E-state index is 12.7. The first-order valence-corrected chi connectivity index (χ1v) is 8.93. The second-order valence-corrected chi connectivity index (χ2v) is 5.91. The van der Waals surface area contributed by atoms with Gasteiger partial charge in [-0.15, -0.1) is 0 Å². The molecule has 0 aliphatic rings. The molecule has 0 saturated carbocycles. The molecule has 0 unspecified atom stereocenters. The minimum atomic E-state index is -0.337. The Morgan fingerprint density at radius 2 is 1.74 bits per heavy atom. The van der Waals surface area contributed by atoms with Crippen molar-refractivity contribution in [1.29, 1.82) is 0 Å². The van der Waals surface area contributed by atoms with Crippen LogP contribution in [0.1, 0.15) is 24.5 Å². The second-order valence-electron chi connectivity index (χ2n) is 5.91. The van der Waals surface area contributed by atoms with E-state index in [1.807, 2.05) is 61.5 Å². The number of amides is 1. The molecule has 0 N–H and O–H groups in total. The van der Waals surface area contributed by atoms with Gasteiger partial charge in [-0.05, 0) is 36.3 Å². The van der Waals surface area contributed by atoms with Crippen LogP contribution in [0.3, 0.4) is 0 Å². The van der Waals surface area contributed by atoms with Crippen LogP contribution < -0.4 is 4.74 Å². The van der Waals surface area contributed by atoms with Crippen molar-refractivity contribution in [2.24, 2.45) is 0 Å². The van der Waals surface area contributed by atoms with Gasteiger partial charge in [0.05, 0.1) is 20.1 Å². The summed E-state index contributed by atoms with van der Waals surface area (Å²) in [7, 11) is 1.34. The molecule has 0 spiro atoms. The minimum Gasteiger partial charge on any atom is -0.494 e. The monoisotopic (exact) mass is 367 g/mol. The van der Waals surface area contributed by atoms with Crippen molar-refractivity contribution in [3.8, 4) is 5.75 Å². The Balaban J connectivity index is 2.05. The molecule has 0 radical (unpaired) electrons. The van der Waals surface area contributed by atoms with Gasteiger partial charge < -0.3 is 14.4 Å². The van der Waals surface area contributed by atoms with Gasteiger partial charge in [0.2, 0.25) is 5.91 Å². The minimum absolute atomic E-state index is 0.156. The molecule has 0 aromatic heterocycles. The fourth-order valence-electron chi connectivity index (χ4n) is 2.51. The molecule has 2 aromatic rings. The summed E-state index contributed by atoms with van der Waals surface area (Å²) in [4.78, 5) is 25.8. The number of rotatable bonds is 9. The molecule has 142 valence electrons. The zero-order valence-electron chi connectivity index (χ0n) is 15.8. The Hall–Kier alpha value is -3.08. The summed E-state index contributed by atoms with van der Waals surface area (Å²) in [6.07, 6.45) is 3.44. The second kappa shape index (κ2) is 10.8. The van der Waals surface area contributed by atoms with E-state index in [-0.39, 0.29) is 18.3 Å². The molecule has 5 nitrogen and oxygen atoms in total. The summed E-state index contributed by atoms with van der Waals surface area (Å²) in [5.41, 5.74) is 1.91. The summed E-state index contributed by atoms with van der Waals surface area (Å²) >= 11 is 0. The summed E-state index contributed by atoms with van der Waals surface area (Å²) in [6, 6.07) is 17.2. The van der Waals surface area contributed by atoms with E-state index in [1.54, 1.807) is 11.0 Å². The highest BCUT2D eigenvalue weighted by atomic mass is 16.5. The van der Waals surface area contributed by atoms with Crippen molar-refractivity contribution >= 4 is 18.0 Å². The number of benzene rings is 2. The van der Waals surface area contributed by atoms with Crippen LogP contribution in [0, 0.1) is 0 Å². The van der Waals surface area contributed by atoms with Crippen molar-refractivity contribution in [3.05, 3.63) is 71.8 Å². The molecular formula is C22H25NO4. The third-order valence-electron chi connectivity index (χ3n) is 3.95. The first-order chi connectivity index (χ1) is 13.1. The van der Waals surface area contributed by atoms with Crippen molar-refractivity contribution in [2.45, 2.75) is 19.9 Å². The normalized spacial score (nSPS) is 10.6. The van der Waals surface area contributed by atoms with E-state index < -0.39 is 0 Å². The summed E-state index contributed by atoms with van der Waals surface area (Å²) in [5, 5.41) is 0. The number of carbonyl (C=O) groups is 2. The Bertz CT molecular complexity index is 754. The molecule has 0 fully saturated rings. The molecule has 2 rings (SSSR count). The fourth-order valence-corrected chi connectivity index (χ4v) is 2.51. The van der Waals surface area contributed by atoms with Gasteiger partial charge >= 0.3 is 5.97 Å². The maximum absolute atomic E-state index is 12.7. The summed E-state index contributed by atoms with van der Waals surface area (Å²) in [6.45, 7) is 3.28. The Morgan fingerprint density at radius 1 is 1.04 bits per heavy atom. The molecule has 0 bridgehead atoms. The van der Waals surface area contributed by atoms with Crippen molar-refractivity contribution < 1.29 is 19.1 Å². The van der Waals surface area contributed by atoms with E-state index in [4.69, 9.17) is 4.74 Å². The van der Waals surface area contributed by atoms with Crippen LogP contribution in [-0.4, -0.2) is 37.0 Å². The number of hydrogen-bond donors (Lipinski definition) is 0. The Morgan fingerprint density at radius 3 is 2.37 bits per heavy atom.